The maximum Gasteiger partial charge on any atom is 0.308 e. The topological polar surface area (TPSA) is 107 Å². The minimum absolute atomic E-state index is 0.0101. The summed E-state index contributed by atoms with van der Waals surface area (Å²) in [5, 5.41) is 23.4. The Kier molecular flexibility index (Phi) is 5.67. The molecule has 3 N–H and O–H groups in total. The molecule has 3 aliphatic rings. The van der Waals surface area contributed by atoms with E-state index in [1.165, 1.54) is 6.20 Å². The van der Waals surface area contributed by atoms with E-state index in [2.05, 4.69) is 15.3 Å². The van der Waals surface area contributed by atoms with Gasteiger partial charge < -0.3 is 20.0 Å². The molecule has 0 amide bonds. The largest absolute Gasteiger partial charge is 0.481 e. The lowest BCUT2D eigenvalue weighted by Crippen LogP contribution is -2.51. The molecule has 3 aromatic heterocycles. The fraction of sp³-hybridized carbons (Fsp3) is 0.321. The quantitative estimate of drug-likeness (QED) is 0.308. The standard InChI is InChI=1S/C28H24F3N5O2/c1-36-7-6-15(12-36)21-18(10-32)25(19-11-33-26-17(19)8-16(29)9-20(26)30)35-27(23(21)31)34-24-14-4-2-13(3-5-14)22(24)28(37)38/h6-9,11-14,22,24,33H,2-5H2,1H3,(H,34,35)(H,37,38)/t13?,14?,22-,24?/m1/s1. The van der Waals surface area contributed by atoms with Crippen molar-refractivity contribution >= 4 is 22.7 Å². The van der Waals surface area contributed by atoms with Crippen LogP contribution in [-0.4, -0.2) is 31.7 Å². The van der Waals surface area contributed by atoms with Crippen LogP contribution >= 0.6 is 0 Å². The molecule has 3 heterocycles. The zero-order valence-corrected chi connectivity index (χ0v) is 20.4. The third-order valence-corrected chi connectivity index (χ3v) is 8.14. The molecule has 7 rings (SSSR count). The molecular weight excluding hydrogens is 495 g/mol. The number of aromatic amines is 1. The van der Waals surface area contributed by atoms with Crippen molar-refractivity contribution in [3.8, 4) is 28.5 Å². The van der Waals surface area contributed by atoms with E-state index in [1.54, 1.807) is 30.1 Å². The van der Waals surface area contributed by atoms with Crippen LogP contribution in [0.2, 0.25) is 0 Å². The number of aryl methyl sites for hydroxylation is 1. The van der Waals surface area contributed by atoms with Crippen LogP contribution in [0.25, 0.3) is 33.3 Å². The number of fused-ring (bicyclic) bond motifs is 4. The van der Waals surface area contributed by atoms with E-state index in [4.69, 9.17) is 0 Å². The van der Waals surface area contributed by atoms with Gasteiger partial charge in [-0.15, -0.1) is 0 Å². The number of nitriles is 1. The number of pyridine rings is 1. The van der Waals surface area contributed by atoms with Gasteiger partial charge in [-0.05, 0) is 49.7 Å². The van der Waals surface area contributed by atoms with Crippen LogP contribution in [0.15, 0.2) is 36.8 Å². The number of anilines is 1. The van der Waals surface area contributed by atoms with Gasteiger partial charge in [0.15, 0.2) is 11.6 Å². The van der Waals surface area contributed by atoms with Crippen molar-refractivity contribution in [1.29, 1.82) is 5.26 Å². The smallest absolute Gasteiger partial charge is 0.308 e. The number of aromatic nitrogens is 3. The van der Waals surface area contributed by atoms with Crippen molar-refractivity contribution in [2.24, 2.45) is 24.8 Å². The van der Waals surface area contributed by atoms with Gasteiger partial charge in [0.2, 0.25) is 0 Å². The van der Waals surface area contributed by atoms with Gasteiger partial charge in [0.1, 0.15) is 17.7 Å². The molecule has 3 aliphatic carbocycles. The first kappa shape index (κ1) is 24.1. The number of carbonyl (C=O) groups is 1. The SMILES string of the molecule is Cn1ccc(-c2c(F)c(NC3C4CCC(CC4)[C@H]3C(=O)O)nc(-c3c[nH]c4c(F)cc(F)cc34)c2C#N)c1. The summed E-state index contributed by atoms with van der Waals surface area (Å²) in [6.45, 7) is 0. The Bertz CT molecular complexity index is 1630. The van der Waals surface area contributed by atoms with E-state index >= 15 is 4.39 Å². The molecule has 4 aromatic rings. The molecule has 0 aliphatic heterocycles. The Morgan fingerprint density at radius 1 is 1.21 bits per heavy atom. The highest BCUT2D eigenvalue weighted by Crippen LogP contribution is 2.47. The van der Waals surface area contributed by atoms with E-state index in [-0.39, 0.29) is 50.9 Å². The first-order valence-corrected chi connectivity index (χ1v) is 12.5. The van der Waals surface area contributed by atoms with Gasteiger partial charge in [-0.2, -0.15) is 5.26 Å². The van der Waals surface area contributed by atoms with Crippen molar-refractivity contribution in [2.45, 2.75) is 31.7 Å². The third-order valence-electron chi connectivity index (χ3n) is 8.14. The summed E-state index contributed by atoms with van der Waals surface area (Å²) in [4.78, 5) is 19.5. The van der Waals surface area contributed by atoms with Gasteiger partial charge in [-0.25, -0.2) is 18.2 Å². The summed E-state index contributed by atoms with van der Waals surface area (Å²) in [6.07, 6.45) is 8.08. The number of H-pyrrole nitrogens is 1. The third kappa shape index (κ3) is 3.72. The van der Waals surface area contributed by atoms with Crippen molar-refractivity contribution in [3.63, 3.8) is 0 Å². The highest BCUT2D eigenvalue weighted by molar-refractivity contribution is 5.98. The number of hydrogen-bond donors (Lipinski definition) is 3. The van der Waals surface area contributed by atoms with E-state index in [9.17, 15) is 23.9 Å². The number of nitrogens with one attached hydrogen (secondary N) is 2. The molecule has 3 fully saturated rings. The van der Waals surface area contributed by atoms with Gasteiger partial charge in [0, 0.05) is 59.8 Å². The van der Waals surface area contributed by atoms with Crippen LogP contribution < -0.4 is 5.32 Å². The molecule has 194 valence electrons. The van der Waals surface area contributed by atoms with Crippen LogP contribution in [0.3, 0.4) is 0 Å². The zero-order chi connectivity index (χ0) is 26.7. The first-order valence-electron chi connectivity index (χ1n) is 12.5. The maximum absolute atomic E-state index is 16.2. The van der Waals surface area contributed by atoms with Crippen LogP contribution in [0.4, 0.5) is 19.0 Å². The molecule has 7 nitrogen and oxygen atoms in total. The van der Waals surface area contributed by atoms with Gasteiger partial charge in [0.05, 0.1) is 22.7 Å². The maximum atomic E-state index is 16.2. The van der Waals surface area contributed by atoms with Crippen molar-refractivity contribution in [1.82, 2.24) is 14.5 Å². The van der Waals surface area contributed by atoms with Crippen LogP contribution in [-0.2, 0) is 11.8 Å². The van der Waals surface area contributed by atoms with E-state index in [1.807, 2.05) is 6.07 Å². The van der Waals surface area contributed by atoms with Crippen LogP contribution in [0.5, 0.6) is 0 Å². The summed E-state index contributed by atoms with van der Waals surface area (Å²) in [7, 11) is 1.76. The molecule has 3 saturated carbocycles. The number of halogens is 3. The van der Waals surface area contributed by atoms with Crippen molar-refractivity contribution in [3.05, 3.63) is 59.8 Å². The van der Waals surface area contributed by atoms with E-state index in [0.717, 1.165) is 37.8 Å². The van der Waals surface area contributed by atoms with Gasteiger partial charge in [-0.3, -0.25) is 4.79 Å². The summed E-state index contributed by atoms with van der Waals surface area (Å²) in [6, 6.07) is 5.04. The van der Waals surface area contributed by atoms with Gasteiger partial charge >= 0.3 is 5.97 Å². The zero-order valence-electron chi connectivity index (χ0n) is 20.4. The Balaban J connectivity index is 1.58. The molecule has 1 unspecified atom stereocenters. The number of nitrogens with zero attached hydrogens (tertiary/aromatic N) is 3. The number of rotatable bonds is 5. The number of carboxylic acid groups (broad SMARTS) is 1. The average molecular weight is 520 g/mol. The van der Waals surface area contributed by atoms with Crippen molar-refractivity contribution in [2.75, 3.05) is 5.32 Å². The highest BCUT2D eigenvalue weighted by Gasteiger charge is 2.47. The first-order chi connectivity index (χ1) is 18.3. The lowest BCUT2D eigenvalue weighted by Gasteiger charge is -2.47. The molecular formula is C28H24F3N5O2. The van der Waals surface area contributed by atoms with E-state index < -0.39 is 35.4 Å². The summed E-state index contributed by atoms with van der Waals surface area (Å²) in [5.74, 6) is -4.18. The second-order valence-electron chi connectivity index (χ2n) is 10.3. The number of hydrogen-bond acceptors (Lipinski definition) is 4. The predicted octanol–water partition coefficient (Wildman–Crippen LogP) is 5.83. The summed E-state index contributed by atoms with van der Waals surface area (Å²) >= 11 is 0. The number of aliphatic carboxylic acids is 1. The average Bonchev–Trinajstić information content (AvgIpc) is 3.51. The monoisotopic (exact) mass is 519 g/mol. The Morgan fingerprint density at radius 3 is 2.61 bits per heavy atom. The molecule has 0 saturated heterocycles. The lowest BCUT2D eigenvalue weighted by molar-refractivity contribution is -0.148. The number of carboxylic acids is 1. The highest BCUT2D eigenvalue weighted by atomic mass is 19.1. The predicted molar refractivity (Wildman–Crippen MR) is 135 cm³/mol. The lowest BCUT2D eigenvalue weighted by atomic mass is 9.61. The molecule has 2 bridgehead atoms. The number of benzene rings is 1. The minimum atomic E-state index is -0.933. The Hall–Kier alpha value is -4.26. The van der Waals surface area contributed by atoms with Crippen LogP contribution in [0, 0.1) is 46.5 Å². The second kappa shape index (κ2) is 8.94. The molecule has 0 radical (unpaired) electrons. The van der Waals surface area contributed by atoms with Crippen LogP contribution in [0.1, 0.15) is 31.2 Å². The minimum Gasteiger partial charge on any atom is -0.481 e. The summed E-state index contributed by atoms with van der Waals surface area (Å²) in [5.41, 5.74) is 0.618. The molecule has 2 atom stereocenters. The van der Waals surface area contributed by atoms with E-state index in [0.29, 0.717) is 5.56 Å². The second-order valence-corrected chi connectivity index (χ2v) is 10.3. The fourth-order valence-corrected chi connectivity index (χ4v) is 6.41. The Morgan fingerprint density at radius 2 is 1.95 bits per heavy atom. The Labute approximate surface area is 215 Å². The van der Waals surface area contributed by atoms with Crippen molar-refractivity contribution < 1.29 is 23.1 Å². The molecule has 38 heavy (non-hydrogen) atoms. The van der Waals surface area contributed by atoms with Gasteiger partial charge in [0.25, 0.3) is 0 Å². The summed E-state index contributed by atoms with van der Waals surface area (Å²) < 4.78 is 46.6. The molecule has 1 aromatic carbocycles. The van der Waals surface area contributed by atoms with Gasteiger partial charge in [-0.1, -0.05) is 0 Å². The molecule has 10 heteroatoms. The normalized spacial score (nSPS) is 22.5. The fourth-order valence-electron chi connectivity index (χ4n) is 6.41. The molecule has 0 spiro atoms.